The number of fused-ring (bicyclic) bond motifs is 2. The third kappa shape index (κ3) is 2.63. The predicted octanol–water partition coefficient (Wildman–Crippen LogP) is 2.76. The number of phenols is 1. The summed E-state index contributed by atoms with van der Waals surface area (Å²) >= 11 is 5.74. The summed E-state index contributed by atoms with van der Waals surface area (Å²) in [7, 11) is 0. The number of aromatic nitrogens is 3. The number of rotatable bonds is 4. The molecule has 0 fully saturated rings. The molecule has 0 spiro atoms. The summed E-state index contributed by atoms with van der Waals surface area (Å²) in [5.41, 5.74) is 0.0412. The Morgan fingerprint density at radius 3 is 2.88 bits per heavy atom. The fourth-order valence-corrected chi connectivity index (χ4v) is 2.67. The second-order valence-electron chi connectivity index (χ2n) is 5.04. The first-order chi connectivity index (χ1) is 11.5. The number of allylic oxidation sites excluding steroid dienone is 3. The first-order valence-electron chi connectivity index (χ1n) is 7.02. The maximum atomic E-state index is 12.6. The second kappa shape index (κ2) is 6.37. The fourth-order valence-electron chi connectivity index (χ4n) is 2.51. The molecular formula is C16H11ClFN3O3. The molecule has 0 saturated carbocycles. The average Bonchev–Trinajstić information content (AvgIpc) is 2.97. The number of halogens is 2. The quantitative estimate of drug-likeness (QED) is 0.733. The molecule has 6 nitrogen and oxygen atoms in total. The summed E-state index contributed by atoms with van der Waals surface area (Å²) in [6, 6.07) is 4.30. The smallest absolute Gasteiger partial charge is 0.220 e. The molecule has 1 aliphatic carbocycles. The van der Waals surface area contributed by atoms with Gasteiger partial charge in [0.15, 0.2) is 5.69 Å². The van der Waals surface area contributed by atoms with E-state index in [1.54, 1.807) is 6.08 Å². The first-order valence-corrected chi connectivity index (χ1v) is 7.39. The molecule has 3 rings (SSSR count). The van der Waals surface area contributed by atoms with Gasteiger partial charge in [0, 0.05) is 17.1 Å². The van der Waals surface area contributed by atoms with Crippen molar-refractivity contribution >= 4 is 23.2 Å². The molecule has 1 aromatic heterocycles. The van der Waals surface area contributed by atoms with E-state index in [2.05, 4.69) is 10.3 Å². The monoisotopic (exact) mass is 347 g/mol. The SMILES string of the molecule is O=C1c2nnn(CC/C=C(Cl)\C=C\F)c2C(=O)c2cccc(O)c21. The Kier molecular flexibility index (Phi) is 4.26. The van der Waals surface area contributed by atoms with Crippen molar-refractivity contribution in [3.05, 3.63) is 64.2 Å². The topological polar surface area (TPSA) is 85.1 Å². The number of carbonyl (C=O) groups excluding carboxylic acids is 2. The zero-order valence-electron chi connectivity index (χ0n) is 12.2. The van der Waals surface area contributed by atoms with Gasteiger partial charge in [-0.15, -0.1) is 5.10 Å². The van der Waals surface area contributed by atoms with Gasteiger partial charge in [-0.2, -0.15) is 0 Å². The lowest BCUT2D eigenvalue weighted by Gasteiger charge is -2.15. The van der Waals surface area contributed by atoms with Crippen LogP contribution in [-0.4, -0.2) is 31.7 Å². The zero-order chi connectivity index (χ0) is 17.3. The van der Waals surface area contributed by atoms with Gasteiger partial charge >= 0.3 is 0 Å². The van der Waals surface area contributed by atoms with Crippen LogP contribution in [0.2, 0.25) is 0 Å². The molecule has 1 aliphatic rings. The van der Waals surface area contributed by atoms with Gasteiger partial charge in [0.25, 0.3) is 0 Å². The van der Waals surface area contributed by atoms with E-state index in [1.807, 2.05) is 0 Å². The summed E-state index contributed by atoms with van der Waals surface area (Å²) in [6.07, 6.45) is 3.34. The summed E-state index contributed by atoms with van der Waals surface area (Å²) in [5.74, 6) is -1.24. The molecule has 0 atom stereocenters. The van der Waals surface area contributed by atoms with Crippen LogP contribution in [0.5, 0.6) is 5.75 Å². The summed E-state index contributed by atoms with van der Waals surface area (Å²) < 4.78 is 13.3. The van der Waals surface area contributed by atoms with Crippen molar-refractivity contribution < 1.29 is 19.1 Å². The normalized spacial score (nSPS) is 14.2. The Labute approximate surface area is 140 Å². The third-order valence-electron chi connectivity index (χ3n) is 3.58. The molecule has 0 unspecified atom stereocenters. The average molecular weight is 348 g/mol. The van der Waals surface area contributed by atoms with Gasteiger partial charge in [-0.1, -0.05) is 29.0 Å². The molecule has 24 heavy (non-hydrogen) atoms. The zero-order valence-corrected chi connectivity index (χ0v) is 13.0. The maximum Gasteiger partial charge on any atom is 0.220 e. The Bertz CT molecular complexity index is 902. The highest BCUT2D eigenvalue weighted by Gasteiger charge is 2.36. The predicted molar refractivity (Wildman–Crippen MR) is 83.8 cm³/mol. The van der Waals surface area contributed by atoms with Crippen LogP contribution < -0.4 is 0 Å². The van der Waals surface area contributed by atoms with E-state index >= 15 is 0 Å². The van der Waals surface area contributed by atoms with Crippen molar-refractivity contribution in [3.8, 4) is 5.75 Å². The molecule has 0 aliphatic heterocycles. The van der Waals surface area contributed by atoms with Crippen LogP contribution in [-0.2, 0) is 6.54 Å². The van der Waals surface area contributed by atoms with Gasteiger partial charge in [-0.25, -0.2) is 9.07 Å². The van der Waals surface area contributed by atoms with Gasteiger partial charge < -0.3 is 5.11 Å². The number of aromatic hydroxyl groups is 1. The van der Waals surface area contributed by atoms with E-state index in [4.69, 9.17) is 11.6 Å². The van der Waals surface area contributed by atoms with E-state index in [1.165, 1.54) is 22.9 Å². The Morgan fingerprint density at radius 2 is 2.12 bits per heavy atom. The Balaban J connectivity index is 1.94. The molecule has 1 aromatic carbocycles. The summed E-state index contributed by atoms with van der Waals surface area (Å²) in [6.45, 7) is 0.242. The number of hydrogen-bond acceptors (Lipinski definition) is 5. The van der Waals surface area contributed by atoms with Gasteiger partial charge in [-0.05, 0) is 24.6 Å². The number of benzene rings is 1. The highest BCUT2D eigenvalue weighted by Crippen LogP contribution is 2.31. The number of carbonyl (C=O) groups is 2. The number of phenolic OH excluding ortho intramolecular Hbond substituents is 1. The molecule has 1 N–H and O–H groups in total. The standard InChI is InChI=1S/C16H11ClFN3O3/c17-9(6-7-18)3-2-8-21-14-13(19-20-21)16(24)12-10(15(14)23)4-1-5-11(12)22/h1,3-7,22H,2,8H2/b7-6+,9-3+. The largest absolute Gasteiger partial charge is 0.507 e. The second-order valence-corrected chi connectivity index (χ2v) is 5.47. The van der Waals surface area contributed by atoms with Crippen LogP contribution in [0.25, 0.3) is 0 Å². The van der Waals surface area contributed by atoms with Crippen LogP contribution in [0.1, 0.15) is 38.5 Å². The Morgan fingerprint density at radius 1 is 1.33 bits per heavy atom. The van der Waals surface area contributed by atoms with Gasteiger partial charge in [0.05, 0.1) is 11.9 Å². The minimum atomic E-state index is -0.544. The van der Waals surface area contributed by atoms with Crippen LogP contribution in [0, 0.1) is 0 Å². The van der Waals surface area contributed by atoms with Crippen LogP contribution in [0.3, 0.4) is 0 Å². The number of hydrogen-bond donors (Lipinski definition) is 1. The molecule has 8 heteroatoms. The van der Waals surface area contributed by atoms with Crippen molar-refractivity contribution in [2.45, 2.75) is 13.0 Å². The first kappa shape index (κ1) is 16.1. The number of ketones is 2. The van der Waals surface area contributed by atoms with E-state index in [9.17, 15) is 19.1 Å². The molecule has 122 valence electrons. The summed E-state index contributed by atoms with van der Waals surface area (Å²) in [4.78, 5) is 25.1. The molecule has 1 heterocycles. The third-order valence-corrected chi connectivity index (χ3v) is 3.86. The van der Waals surface area contributed by atoms with E-state index < -0.39 is 11.6 Å². The highest BCUT2D eigenvalue weighted by atomic mass is 35.5. The summed E-state index contributed by atoms with van der Waals surface area (Å²) in [5, 5.41) is 17.7. The van der Waals surface area contributed by atoms with Gasteiger partial charge in [0.2, 0.25) is 11.6 Å². The van der Waals surface area contributed by atoms with Crippen LogP contribution >= 0.6 is 11.6 Å². The minimum Gasteiger partial charge on any atom is -0.507 e. The van der Waals surface area contributed by atoms with E-state index in [0.717, 1.165) is 6.08 Å². The fraction of sp³-hybridized carbons (Fsp3) is 0.125. The highest BCUT2D eigenvalue weighted by molar-refractivity contribution is 6.31. The van der Waals surface area contributed by atoms with Crippen molar-refractivity contribution in [1.29, 1.82) is 0 Å². The lowest BCUT2D eigenvalue weighted by Crippen LogP contribution is -2.23. The van der Waals surface area contributed by atoms with E-state index in [-0.39, 0.29) is 39.8 Å². The molecule has 0 saturated heterocycles. The molecule has 0 radical (unpaired) electrons. The minimum absolute atomic E-state index is 0.0573. The molecular weight excluding hydrogens is 337 g/mol. The van der Waals surface area contributed by atoms with Crippen molar-refractivity contribution in [1.82, 2.24) is 15.0 Å². The maximum absolute atomic E-state index is 12.6. The van der Waals surface area contributed by atoms with Crippen molar-refractivity contribution in [3.63, 3.8) is 0 Å². The van der Waals surface area contributed by atoms with Crippen molar-refractivity contribution in [2.24, 2.45) is 0 Å². The lowest BCUT2D eigenvalue weighted by atomic mass is 9.89. The van der Waals surface area contributed by atoms with Gasteiger partial charge in [-0.3, -0.25) is 9.59 Å². The number of nitrogens with zero attached hydrogens (tertiary/aromatic N) is 3. The Hall–Kier alpha value is -2.80. The molecule has 0 bridgehead atoms. The molecule has 0 amide bonds. The molecule has 2 aromatic rings. The van der Waals surface area contributed by atoms with E-state index in [0.29, 0.717) is 12.8 Å². The van der Waals surface area contributed by atoms with Crippen LogP contribution in [0.4, 0.5) is 4.39 Å². The van der Waals surface area contributed by atoms with Crippen molar-refractivity contribution in [2.75, 3.05) is 0 Å². The van der Waals surface area contributed by atoms with Crippen LogP contribution in [0.15, 0.2) is 41.7 Å². The lowest BCUT2D eigenvalue weighted by molar-refractivity contribution is 0.0968. The number of aryl methyl sites for hydroxylation is 1. The van der Waals surface area contributed by atoms with Gasteiger partial charge in [0.1, 0.15) is 11.4 Å².